The molecule has 0 unspecified atom stereocenters. The minimum Gasteiger partial charge on any atom is -0.449 e. The predicted molar refractivity (Wildman–Crippen MR) is 102 cm³/mol. The lowest BCUT2D eigenvalue weighted by Gasteiger charge is -2.08. The van der Waals surface area contributed by atoms with Gasteiger partial charge < -0.3 is 4.42 Å². The van der Waals surface area contributed by atoms with Gasteiger partial charge in [0.15, 0.2) is 11.6 Å². The van der Waals surface area contributed by atoms with Crippen LogP contribution >= 0.6 is 0 Å². The molecule has 2 aromatic heterocycles. The molecule has 29 heavy (non-hydrogen) atoms. The second kappa shape index (κ2) is 7.39. The molecule has 9 heteroatoms. The van der Waals surface area contributed by atoms with Gasteiger partial charge in [-0.2, -0.15) is 5.10 Å². The van der Waals surface area contributed by atoms with Gasteiger partial charge in [-0.15, -0.1) is 0 Å². The van der Waals surface area contributed by atoms with E-state index in [4.69, 9.17) is 4.42 Å². The number of carbonyl (C=O) groups excluding carboxylic acids is 1. The summed E-state index contributed by atoms with van der Waals surface area (Å²) in [6.45, 7) is 0. The smallest absolute Gasteiger partial charge is 0.294 e. The van der Waals surface area contributed by atoms with Crippen molar-refractivity contribution in [2.24, 2.45) is 0 Å². The highest BCUT2D eigenvalue weighted by molar-refractivity contribution is 6.02. The number of anilines is 1. The third-order valence-electron chi connectivity index (χ3n) is 4.15. The van der Waals surface area contributed by atoms with E-state index in [1.165, 1.54) is 59.5 Å². The molecule has 1 N–H and O–H groups in total. The Morgan fingerprint density at radius 1 is 1.10 bits per heavy atom. The van der Waals surface area contributed by atoms with Crippen molar-refractivity contribution in [2.45, 2.75) is 0 Å². The minimum atomic E-state index is -0.555. The van der Waals surface area contributed by atoms with E-state index in [0.717, 1.165) is 0 Å². The van der Waals surface area contributed by atoms with E-state index >= 15 is 0 Å². The topological polar surface area (TPSA) is 103 Å². The number of nitrogens with zero attached hydrogens (tertiary/aromatic N) is 3. The van der Waals surface area contributed by atoms with Crippen molar-refractivity contribution in [3.05, 3.63) is 94.6 Å². The summed E-state index contributed by atoms with van der Waals surface area (Å²) < 4.78 is 19.7. The summed E-state index contributed by atoms with van der Waals surface area (Å²) >= 11 is 0. The van der Waals surface area contributed by atoms with Crippen LogP contribution in [0, 0.1) is 15.9 Å². The molecule has 0 aliphatic rings. The Labute approximate surface area is 163 Å². The van der Waals surface area contributed by atoms with E-state index in [9.17, 15) is 19.3 Å². The first kappa shape index (κ1) is 18.1. The number of carbonyl (C=O) groups is 1. The summed E-state index contributed by atoms with van der Waals surface area (Å²) in [6, 6.07) is 16.2. The van der Waals surface area contributed by atoms with E-state index in [2.05, 4.69) is 10.4 Å². The van der Waals surface area contributed by atoms with Gasteiger partial charge in [-0.3, -0.25) is 20.2 Å². The van der Waals surface area contributed by atoms with Gasteiger partial charge >= 0.3 is 0 Å². The molecular formula is C20H13FN4O4. The quantitative estimate of drug-likeness (QED) is 0.400. The van der Waals surface area contributed by atoms with E-state index in [-0.39, 0.29) is 23.0 Å². The maximum Gasteiger partial charge on any atom is 0.294 e. The Hall–Kier alpha value is -4.27. The van der Waals surface area contributed by atoms with Crippen LogP contribution in [0.15, 0.2) is 77.4 Å². The highest BCUT2D eigenvalue weighted by Crippen LogP contribution is 2.29. The SMILES string of the molecule is O=C(Nc1ccco1)c1cc(-c2ccc(F)cc2)n(-c2ccccc2[N+](=O)[O-])n1. The number of halogens is 1. The fourth-order valence-electron chi connectivity index (χ4n) is 2.83. The number of nitrogens with one attached hydrogen (secondary N) is 1. The molecule has 4 aromatic rings. The summed E-state index contributed by atoms with van der Waals surface area (Å²) in [7, 11) is 0. The molecule has 0 spiro atoms. The van der Waals surface area contributed by atoms with Crippen LogP contribution in [-0.4, -0.2) is 20.6 Å². The number of furan rings is 1. The Morgan fingerprint density at radius 2 is 1.86 bits per heavy atom. The fraction of sp³-hybridized carbons (Fsp3) is 0. The van der Waals surface area contributed by atoms with Crippen LogP contribution in [0.5, 0.6) is 0 Å². The number of hydrogen-bond acceptors (Lipinski definition) is 5. The first-order valence-corrected chi connectivity index (χ1v) is 8.47. The average molecular weight is 392 g/mol. The number of para-hydroxylation sites is 2. The summed E-state index contributed by atoms with van der Waals surface area (Å²) in [5, 5.41) is 18.3. The molecule has 0 saturated carbocycles. The van der Waals surface area contributed by atoms with Gasteiger partial charge in [0.2, 0.25) is 0 Å². The number of rotatable bonds is 5. The summed E-state index contributed by atoms with van der Waals surface area (Å²) in [4.78, 5) is 23.5. The Balaban J connectivity index is 1.84. The van der Waals surface area contributed by atoms with Crippen molar-refractivity contribution in [3.63, 3.8) is 0 Å². The number of nitro benzene ring substituents is 1. The number of nitro groups is 1. The molecule has 0 saturated heterocycles. The molecule has 0 aliphatic heterocycles. The highest BCUT2D eigenvalue weighted by atomic mass is 19.1. The molecule has 0 radical (unpaired) electrons. The van der Waals surface area contributed by atoms with E-state index in [1.807, 2.05) is 0 Å². The molecular weight excluding hydrogens is 379 g/mol. The van der Waals surface area contributed by atoms with E-state index in [0.29, 0.717) is 11.3 Å². The van der Waals surface area contributed by atoms with Crippen molar-refractivity contribution in [2.75, 3.05) is 5.32 Å². The zero-order chi connectivity index (χ0) is 20.4. The lowest BCUT2D eigenvalue weighted by Crippen LogP contribution is -2.12. The van der Waals surface area contributed by atoms with Crippen molar-refractivity contribution >= 4 is 17.5 Å². The molecule has 0 fully saturated rings. The molecule has 8 nitrogen and oxygen atoms in total. The molecule has 0 aliphatic carbocycles. The van der Waals surface area contributed by atoms with Crippen LogP contribution in [0.25, 0.3) is 16.9 Å². The number of hydrogen-bond donors (Lipinski definition) is 1. The summed E-state index contributed by atoms with van der Waals surface area (Å²) in [6.07, 6.45) is 1.41. The summed E-state index contributed by atoms with van der Waals surface area (Å²) in [5.41, 5.74) is 0.933. The molecule has 0 bridgehead atoms. The van der Waals surface area contributed by atoms with Gasteiger partial charge in [-0.05, 0) is 42.5 Å². The van der Waals surface area contributed by atoms with Gasteiger partial charge in [0.25, 0.3) is 11.6 Å². The number of aromatic nitrogens is 2. The Morgan fingerprint density at radius 3 is 2.55 bits per heavy atom. The van der Waals surface area contributed by atoms with Crippen molar-refractivity contribution in [3.8, 4) is 16.9 Å². The number of amides is 1. The van der Waals surface area contributed by atoms with E-state index < -0.39 is 16.6 Å². The third kappa shape index (κ3) is 3.61. The highest BCUT2D eigenvalue weighted by Gasteiger charge is 2.22. The fourth-order valence-corrected chi connectivity index (χ4v) is 2.83. The molecule has 1 amide bonds. The van der Waals surface area contributed by atoms with Crippen molar-refractivity contribution in [1.29, 1.82) is 0 Å². The normalized spacial score (nSPS) is 10.7. The van der Waals surface area contributed by atoms with Crippen molar-refractivity contribution in [1.82, 2.24) is 9.78 Å². The van der Waals surface area contributed by atoms with Crippen molar-refractivity contribution < 1.29 is 18.5 Å². The van der Waals surface area contributed by atoms with Gasteiger partial charge in [-0.1, -0.05) is 12.1 Å². The van der Waals surface area contributed by atoms with Crippen LogP contribution in [0.1, 0.15) is 10.5 Å². The Bertz CT molecular complexity index is 1180. The van der Waals surface area contributed by atoms with Gasteiger partial charge in [0, 0.05) is 17.7 Å². The minimum absolute atomic E-state index is 0.0128. The predicted octanol–water partition coefficient (Wildman–Crippen LogP) is 4.43. The zero-order valence-corrected chi connectivity index (χ0v) is 14.8. The summed E-state index contributed by atoms with van der Waals surface area (Å²) in [5.74, 6) is -0.750. The average Bonchev–Trinajstić information content (AvgIpc) is 3.38. The lowest BCUT2D eigenvalue weighted by atomic mass is 10.1. The second-order valence-corrected chi connectivity index (χ2v) is 6.01. The molecule has 144 valence electrons. The Kier molecular flexibility index (Phi) is 4.62. The van der Waals surface area contributed by atoms with Crippen LogP contribution < -0.4 is 5.32 Å². The monoisotopic (exact) mass is 392 g/mol. The molecule has 4 rings (SSSR count). The molecule has 2 aromatic carbocycles. The van der Waals surface area contributed by atoms with Gasteiger partial charge in [-0.25, -0.2) is 9.07 Å². The first-order chi connectivity index (χ1) is 14.0. The molecule has 0 atom stereocenters. The van der Waals surface area contributed by atoms with Crippen LogP contribution in [-0.2, 0) is 0 Å². The van der Waals surface area contributed by atoms with Crippen LogP contribution in [0.4, 0.5) is 16.0 Å². The standard InChI is InChI=1S/C20H13FN4O4/c21-14-9-7-13(8-10-14)18-12-15(20(26)22-19-6-3-11-29-19)23-24(18)16-4-1-2-5-17(16)25(27)28/h1-12H,(H,22,26). The van der Waals surface area contributed by atoms with E-state index in [1.54, 1.807) is 18.2 Å². The largest absolute Gasteiger partial charge is 0.449 e. The maximum atomic E-state index is 13.4. The van der Waals surface area contributed by atoms with Gasteiger partial charge in [0.05, 0.1) is 16.9 Å². The number of benzene rings is 2. The maximum absolute atomic E-state index is 13.4. The lowest BCUT2D eigenvalue weighted by molar-refractivity contribution is -0.384. The third-order valence-corrected chi connectivity index (χ3v) is 4.15. The second-order valence-electron chi connectivity index (χ2n) is 6.01. The first-order valence-electron chi connectivity index (χ1n) is 8.47. The molecule has 2 heterocycles. The van der Waals surface area contributed by atoms with Crippen LogP contribution in [0.3, 0.4) is 0 Å². The van der Waals surface area contributed by atoms with Gasteiger partial charge in [0.1, 0.15) is 11.5 Å². The van der Waals surface area contributed by atoms with Crippen LogP contribution in [0.2, 0.25) is 0 Å². The zero-order valence-electron chi connectivity index (χ0n) is 14.8.